The Kier molecular flexibility index (Phi) is 3.80. The summed E-state index contributed by atoms with van der Waals surface area (Å²) in [4.78, 5) is 3.87. The van der Waals surface area contributed by atoms with Crippen molar-refractivity contribution in [2.45, 2.75) is 0 Å². The van der Waals surface area contributed by atoms with Crippen LogP contribution in [-0.2, 0) is 0 Å². The molecule has 0 radical (unpaired) electrons. The largest absolute Gasteiger partial charge is 0.493 e. The fourth-order valence-corrected chi connectivity index (χ4v) is 1.48. The van der Waals surface area contributed by atoms with Crippen molar-refractivity contribution in [2.24, 2.45) is 10.7 Å². The van der Waals surface area contributed by atoms with Crippen molar-refractivity contribution in [2.75, 3.05) is 21.3 Å². The van der Waals surface area contributed by atoms with Crippen LogP contribution in [0.1, 0.15) is 5.56 Å². The van der Waals surface area contributed by atoms with E-state index < -0.39 is 0 Å². The van der Waals surface area contributed by atoms with Gasteiger partial charge in [0.2, 0.25) is 0 Å². The molecular weight excluding hydrogens is 216 g/mol. The van der Waals surface area contributed by atoms with Gasteiger partial charge in [0.05, 0.1) is 19.2 Å². The number of methoxy groups -OCH3 is 2. The SMILES string of the molecule is CN=C(N)c1cc(Cl)c(OC)c(OC)c1. The highest BCUT2D eigenvalue weighted by Crippen LogP contribution is 2.35. The van der Waals surface area contributed by atoms with Gasteiger partial charge in [0.1, 0.15) is 5.84 Å². The molecule has 0 aliphatic carbocycles. The van der Waals surface area contributed by atoms with Crippen LogP contribution in [0.5, 0.6) is 11.5 Å². The van der Waals surface area contributed by atoms with Gasteiger partial charge in [-0.2, -0.15) is 0 Å². The first-order valence-corrected chi connectivity index (χ1v) is 4.66. The molecule has 1 aromatic rings. The Morgan fingerprint density at radius 3 is 2.47 bits per heavy atom. The van der Waals surface area contributed by atoms with E-state index in [1.54, 1.807) is 19.2 Å². The molecule has 82 valence electrons. The number of amidine groups is 1. The highest BCUT2D eigenvalue weighted by Gasteiger charge is 2.12. The first-order valence-electron chi connectivity index (χ1n) is 4.28. The molecule has 0 saturated heterocycles. The minimum atomic E-state index is 0.401. The number of benzene rings is 1. The van der Waals surface area contributed by atoms with Crippen LogP contribution in [0.3, 0.4) is 0 Å². The van der Waals surface area contributed by atoms with E-state index in [4.69, 9.17) is 26.8 Å². The summed E-state index contributed by atoms with van der Waals surface area (Å²) in [5, 5.41) is 0.443. The van der Waals surface area contributed by atoms with Gasteiger partial charge in [-0.1, -0.05) is 11.6 Å². The second-order valence-electron chi connectivity index (χ2n) is 2.80. The van der Waals surface area contributed by atoms with Gasteiger partial charge in [-0.3, -0.25) is 4.99 Å². The molecule has 0 unspecified atom stereocenters. The van der Waals surface area contributed by atoms with E-state index in [9.17, 15) is 0 Å². The van der Waals surface area contributed by atoms with E-state index in [-0.39, 0.29) is 0 Å². The van der Waals surface area contributed by atoms with Crippen LogP contribution >= 0.6 is 11.6 Å². The predicted octanol–water partition coefficient (Wildman–Crippen LogP) is 1.69. The molecule has 0 heterocycles. The van der Waals surface area contributed by atoms with E-state index in [0.717, 1.165) is 0 Å². The molecule has 0 amide bonds. The topological polar surface area (TPSA) is 56.8 Å². The molecule has 4 nitrogen and oxygen atoms in total. The van der Waals surface area contributed by atoms with Gasteiger partial charge in [-0.25, -0.2) is 0 Å². The number of hydrogen-bond donors (Lipinski definition) is 1. The number of hydrogen-bond acceptors (Lipinski definition) is 3. The third-order valence-electron chi connectivity index (χ3n) is 1.97. The Morgan fingerprint density at radius 2 is 2.00 bits per heavy atom. The summed E-state index contributed by atoms with van der Waals surface area (Å²) in [6.07, 6.45) is 0. The maximum atomic E-state index is 6.00. The lowest BCUT2D eigenvalue weighted by atomic mass is 10.2. The number of nitrogens with zero attached hydrogens (tertiary/aromatic N) is 1. The molecule has 15 heavy (non-hydrogen) atoms. The van der Waals surface area contributed by atoms with Crippen LogP contribution in [0.2, 0.25) is 5.02 Å². The first kappa shape index (κ1) is 11.7. The molecule has 0 atom stereocenters. The van der Waals surface area contributed by atoms with Gasteiger partial charge in [0, 0.05) is 12.6 Å². The van der Waals surface area contributed by atoms with Gasteiger partial charge in [-0.05, 0) is 12.1 Å². The number of rotatable bonds is 3. The third-order valence-corrected chi connectivity index (χ3v) is 2.25. The second kappa shape index (κ2) is 4.89. The maximum absolute atomic E-state index is 6.00. The fraction of sp³-hybridized carbons (Fsp3) is 0.300. The van der Waals surface area contributed by atoms with Gasteiger partial charge >= 0.3 is 0 Å². The molecule has 0 fully saturated rings. The molecule has 0 aliphatic rings. The monoisotopic (exact) mass is 228 g/mol. The Bertz CT molecular complexity index is 391. The Hall–Kier alpha value is -1.42. The summed E-state index contributed by atoms with van der Waals surface area (Å²) in [6.45, 7) is 0. The van der Waals surface area contributed by atoms with Crippen molar-refractivity contribution in [3.8, 4) is 11.5 Å². The predicted molar refractivity (Wildman–Crippen MR) is 61.2 cm³/mol. The van der Waals surface area contributed by atoms with Gasteiger partial charge < -0.3 is 15.2 Å². The summed E-state index contributed by atoms with van der Waals surface area (Å²) < 4.78 is 10.2. The van der Waals surface area contributed by atoms with E-state index in [1.165, 1.54) is 14.2 Å². The normalized spacial score (nSPS) is 11.3. The zero-order valence-corrected chi connectivity index (χ0v) is 9.63. The van der Waals surface area contributed by atoms with Crippen LogP contribution in [0.15, 0.2) is 17.1 Å². The Labute approximate surface area is 93.7 Å². The summed E-state index contributed by atoms with van der Waals surface area (Å²) in [7, 11) is 4.68. The third kappa shape index (κ3) is 2.33. The average Bonchev–Trinajstić information content (AvgIpc) is 2.26. The summed E-state index contributed by atoms with van der Waals surface area (Å²) >= 11 is 6.00. The molecule has 1 aromatic carbocycles. The zero-order chi connectivity index (χ0) is 11.4. The van der Waals surface area contributed by atoms with Crippen LogP contribution in [0.25, 0.3) is 0 Å². The molecule has 0 bridgehead atoms. The number of halogens is 1. The fourth-order valence-electron chi connectivity index (χ4n) is 1.19. The average molecular weight is 229 g/mol. The Balaban J connectivity index is 3.32. The van der Waals surface area contributed by atoms with E-state index in [1.807, 2.05) is 0 Å². The highest BCUT2D eigenvalue weighted by atomic mass is 35.5. The van der Waals surface area contributed by atoms with Crippen molar-refractivity contribution >= 4 is 17.4 Å². The minimum absolute atomic E-state index is 0.401. The lowest BCUT2D eigenvalue weighted by Crippen LogP contribution is -2.13. The summed E-state index contributed by atoms with van der Waals surface area (Å²) in [6, 6.07) is 3.41. The second-order valence-corrected chi connectivity index (χ2v) is 3.21. The minimum Gasteiger partial charge on any atom is -0.493 e. The molecule has 1 rings (SSSR count). The van der Waals surface area contributed by atoms with Crippen LogP contribution in [-0.4, -0.2) is 27.1 Å². The maximum Gasteiger partial charge on any atom is 0.179 e. The quantitative estimate of drug-likeness (QED) is 0.633. The summed E-state index contributed by atoms with van der Waals surface area (Å²) in [5.41, 5.74) is 6.38. The van der Waals surface area contributed by atoms with Crippen molar-refractivity contribution in [1.29, 1.82) is 0 Å². The Morgan fingerprint density at radius 1 is 1.33 bits per heavy atom. The molecule has 5 heteroatoms. The molecule has 2 N–H and O–H groups in total. The molecule has 0 saturated carbocycles. The zero-order valence-electron chi connectivity index (χ0n) is 8.87. The molecule has 0 spiro atoms. The van der Waals surface area contributed by atoms with Crippen molar-refractivity contribution in [3.63, 3.8) is 0 Å². The lowest BCUT2D eigenvalue weighted by molar-refractivity contribution is 0.355. The van der Waals surface area contributed by atoms with E-state index in [2.05, 4.69) is 4.99 Å². The van der Waals surface area contributed by atoms with Gasteiger partial charge in [-0.15, -0.1) is 0 Å². The van der Waals surface area contributed by atoms with Crippen LogP contribution < -0.4 is 15.2 Å². The van der Waals surface area contributed by atoms with Crippen molar-refractivity contribution in [3.05, 3.63) is 22.7 Å². The molecule has 0 aliphatic heterocycles. The van der Waals surface area contributed by atoms with Gasteiger partial charge in [0.25, 0.3) is 0 Å². The van der Waals surface area contributed by atoms with Crippen molar-refractivity contribution < 1.29 is 9.47 Å². The van der Waals surface area contributed by atoms with Crippen LogP contribution in [0, 0.1) is 0 Å². The number of ether oxygens (including phenoxy) is 2. The van der Waals surface area contributed by atoms with E-state index >= 15 is 0 Å². The molecule has 0 aromatic heterocycles. The highest BCUT2D eigenvalue weighted by molar-refractivity contribution is 6.32. The lowest BCUT2D eigenvalue weighted by Gasteiger charge is -2.11. The number of aliphatic imine (C=N–C) groups is 1. The van der Waals surface area contributed by atoms with E-state index in [0.29, 0.717) is 27.9 Å². The molecular formula is C10H13ClN2O2. The van der Waals surface area contributed by atoms with Crippen LogP contribution in [0.4, 0.5) is 0 Å². The number of nitrogens with two attached hydrogens (primary N) is 1. The van der Waals surface area contributed by atoms with Gasteiger partial charge in [0.15, 0.2) is 11.5 Å². The summed E-state index contributed by atoms with van der Waals surface area (Å²) in [5.74, 6) is 1.43. The smallest absolute Gasteiger partial charge is 0.179 e. The van der Waals surface area contributed by atoms with Crippen molar-refractivity contribution in [1.82, 2.24) is 0 Å². The first-order chi connectivity index (χ1) is 7.13. The standard InChI is InChI=1S/C10H13ClN2O2/c1-13-10(12)6-4-7(11)9(15-3)8(5-6)14-2/h4-5H,1-3H3,(H2,12,13).